The van der Waals surface area contributed by atoms with Crippen LogP contribution >= 0.6 is 22.9 Å². The summed E-state index contributed by atoms with van der Waals surface area (Å²) in [5.41, 5.74) is 0.916. The summed E-state index contributed by atoms with van der Waals surface area (Å²) in [7, 11) is 1.61. The molecule has 0 saturated heterocycles. The van der Waals surface area contributed by atoms with Crippen molar-refractivity contribution >= 4 is 34.0 Å². The number of alkyl halides is 1. The minimum Gasteiger partial charge on any atom is -0.497 e. The lowest BCUT2D eigenvalue weighted by Crippen LogP contribution is -2.12. The Morgan fingerprint density at radius 1 is 1.39 bits per heavy atom. The van der Waals surface area contributed by atoms with E-state index in [1.54, 1.807) is 7.11 Å². The zero-order valence-electron chi connectivity index (χ0n) is 9.51. The molecule has 0 aliphatic rings. The first-order valence-electron chi connectivity index (χ1n) is 5.06. The third-order valence-corrected chi connectivity index (χ3v) is 3.26. The summed E-state index contributed by atoms with van der Waals surface area (Å²) in [6, 6.07) is 7.44. The van der Waals surface area contributed by atoms with Crippen LogP contribution in [-0.4, -0.2) is 29.1 Å². The molecule has 0 aliphatic heterocycles. The molecule has 0 saturated carbocycles. The van der Waals surface area contributed by atoms with Crippen LogP contribution < -0.4 is 10.1 Å². The Morgan fingerprint density at radius 3 is 2.72 bits per heavy atom. The number of hydrogen-bond acceptors (Lipinski definition) is 5. The summed E-state index contributed by atoms with van der Waals surface area (Å²) in [6.07, 6.45) is 0. The molecule has 0 unspecified atom stereocenters. The summed E-state index contributed by atoms with van der Waals surface area (Å²) in [5, 5.41) is 11.6. The van der Waals surface area contributed by atoms with Gasteiger partial charge in [0.05, 0.1) is 7.11 Å². The second-order valence-corrected chi connectivity index (χ2v) is 4.57. The molecule has 94 valence electrons. The molecule has 0 fully saturated rings. The number of benzene rings is 1. The molecule has 0 aliphatic carbocycles. The predicted octanol–water partition coefficient (Wildman–Crippen LogP) is 2.39. The summed E-state index contributed by atoms with van der Waals surface area (Å²) in [6.45, 7) is 0. The minimum absolute atomic E-state index is 0.0998. The fourth-order valence-corrected chi connectivity index (χ4v) is 2.11. The number of hydrogen-bond donors (Lipinski definition) is 1. The van der Waals surface area contributed by atoms with E-state index in [1.807, 2.05) is 24.3 Å². The number of halogens is 1. The second-order valence-electron chi connectivity index (χ2n) is 3.32. The maximum absolute atomic E-state index is 11.1. The van der Waals surface area contributed by atoms with Crippen molar-refractivity contribution in [3.63, 3.8) is 0 Å². The van der Waals surface area contributed by atoms with Gasteiger partial charge in [-0.15, -0.1) is 21.8 Å². The average molecular weight is 284 g/mol. The van der Waals surface area contributed by atoms with Crippen LogP contribution in [0.3, 0.4) is 0 Å². The monoisotopic (exact) mass is 283 g/mol. The lowest BCUT2D eigenvalue weighted by atomic mass is 10.2. The maximum Gasteiger partial charge on any atom is 0.241 e. The Labute approximate surface area is 113 Å². The zero-order chi connectivity index (χ0) is 13.0. The number of anilines is 1. The van der Waals surface area contributed by atoms with Gasteiger partial charge in [-0.3, -0.25) is 10.1 Å². The lowest BCUT2D eigenvalue weighted by molar-refractivity contribution is -0.113. The van der Waals surface area contributed by atoms with Gasteiger partial charge in [-0.2, -0.15) is 0 Å². The molecule has 18 heavy (non-hydrogen) atoms. The van der Waals surface area contributed by atoms with E-state index in [1.165, 1.54) is 11.3 Å². The first kappa shape index (κ1) is 12.8. The molecule has 0 bridgehead atoms. The van der Waals surface area contributed by atoms with E-state index >= 15 is 0 Å². The first-order chi connectivity index (χ1) is 8.72. The second kappa shape index (κ2) is 5.79. The summed E-state index contributed by atoms with van der Waals surface area (Å²) < 4.78 is 5.07. The quantitative estimate of drug-likeness (QED) is 0.875. The lowest BCUT2D eigenvalue weighted by Gasteiger charge is -1.99. The van der Waals surface area contributed by atoms with Crippen molar-refractivity contribution in [1.29, 1.82) is 0 Å². The Hall–Kier alpha value is -1.66. The molecule has 7 heteroatoms. The topological polar surface area (TPSA) is 64.1 Å². The van der Waals surface area contributed by atoms with Crippen molar-refractivity contribution in [1.82, 2.24) is 10.2 Å². The molecular formula is C11H10ClN3O2S. The normalized spacial score (nSPS) is 10.1. The number of carbonyl (C=O) groups is 1. The van der Waals surface area contributed by atoms with Crippen LogP contribution in [0.5, 0.6) is 5.75 Å². The van der Waals surface area contributed by atoms with Crippen molar-refractivity contribution in [2.75, 3.05) is 18.3 Å². The van der Waals surface area contributed by atoms with E-state index < -0.39 is 0 Å². The number of carbonyl (C=O) groups excluding carboxylic acids is 1. The van der Waals surface area contributed by atoms with Gasteiger partial charge in [0.1, 0.15) is 16.6 Å². The molecule has 0 atom stereocenters. The fraction of sp³-hybridized carbons (Fsp3) is 0.182. The van der Waals surface area contributed by atoms with Crippen molar-refractivity contribution in [2.45, 2.75) is 0 Å². The highest BCUT2D eigenvalue weighted by Gasteiger charge is 2.08. The van der Waals surface area contributed by atoms with Crippen molar-refractivity contribution in [2.24, 2.45) is 0 Å². The molecule has 2 aromatic rings. The van der Waals surface area contributed by atoms with E-state index in [4.69, 9.17) is 16.3 Å². The number of rotatable bonds is 4. The van der Waals surface area contributed by atoms with Crippen LogP contribution in [0.4, 0.5) is 5.13 Å². The first-order valence-corrected chi connectivity index (χ1v) is 6.42. The van der Waals surface area contributed by atoms with Crippen LogP contribution in [-0.2, 0) is 4.79 Å². The highest BCUT2D eigenvalue weighted by molar-refractivity contribution is 7.18. The van der Waals surface area contributed by atoms with Gasteiger partial charge in [0, 0.05) is 5.56 Å². The summed E-state index contributed by atoms with van der Waals surface area (Å²) in [4.78, 5) is 11.1. The third kappa shape index (κ3) is 2.96. The van der Waals surface area contributed by atoms with Crippen LogP contribution in [0.15, 0.2) is 24.3 Å². The van der Waals surface area contributed by atoms with Gasteiger partial charge in [-0.05, 0) is 24.3 Å². The van der Waals surface area contributed by atoms with Gasteiger partial charge in [0.25, 0.3) is 0 Å². The van der Waals surface area contributed by atoms with Crippen molar-refractivity contribution in [3.8, 4) is 16.3 Å². The van der Waals surface area contributed by atoms with Gasteiger partial charge in [0.2, 0.25) is 11.0 Å². The van der Waals surface area contributed by atoms with E-state index in [0.717, 1.165) is 16.3 Å². The average Bonchev–Trinajstić information content (AvgIpc) is 2.87. The molecule has 1 heterocycles. The SMILES string of the molecule is COc1ccc(-c2nnc(NC(=O)CCl)s2)cc1. The standard InChI is InChI=1S/C11H10ClN3O2S/c1-17-8-4-2-7(3-5-8)10-14-15-11(18-10)13-9(16)6-12/h2-5H,6H2,1H3,(H,13,15,16). The van der Waals surface area contributed by atoms with Gasteiger partial charge in [-0.1, -0.05) is 11.3 Å². The maximum atomic E-state index is 11.1. The highest BCUT2D eigenvalue weighted by atomic mass is 35.5. The van der Waals surface area contributed by atoms with Gasteiger partial charge in [0.15, 0.2) is 0 Å². The molecule has 1 aromatic carbocycles. The largest absolute Gasteiger partial charge is 0.497 e. The van der Waals surface area contributed by atoms with E-state index in [-0.39, 0.29) is 11.8 Å². The predicted molar refractivity (Wildman–Crippen MR) is 71.2 cm³/mol. The molecular weight excluding hydrogens is 274 g/mol. The third-order valence-electron chi connectivity index (χ3n) is 2.13. The molecule has 1 amide bonds. The van der Waals surface area contributed by atoms with Gasteiger partial charge >= 0.3 is 0 Å². The molecule has 1 N–H and O–H groups in total. The molecule has 0 spiro atoms. The van der Waals surface area contributed by atoms with E-state index in [0.29, 0.717) is 5.13 Å². The van der Waals surface area contributed by atoms with Gasteiger partial charge < -0.3 is 4.74 Å². The van der Waals surface area contributed by atoms with Gasteiger partial charge in [-0.25, -0.2) is 0 Å². The van der Waals surface area contributed by atoms with Crippen LogP contribution in [0.25, 0.3) is 10.6 Å². The van der Waals surface area contributed by atoms with E-state index in [2.05, 4.69) is 15.5 Å². The zero-order valence-corrected chi connectivity index (χ0v) is 11.1. The van der Waals surface area contributed by atoms with Crippen LogP contribution in [0, 0.1) is 0 Å². The number of amides is 1. The van der Waals surface area contributed by atoms with Crippen molar-refractivity contribution in [3.05, 3.63) is 24.3 Å². The Morgan fingerprint density at radius 2 is 2.11 bits per heavy atom. The van der Waals surface area contributed by atoms with Crippen molar-refractivity contribution < 1.29 is 9.53 Å². The Kier molecular flexibility index (Phi) is 4.11. The summed E-state index contributed by atoms with van der Waals surface area (Å²) >= 11 is 6.68. The van der Waals surface area contributed by atoms with Crippen LogP contribution in [0.1, 0.15) is 0 Å². The Balaban J connectivity index is 2.15. The highest BCUT2D eigenvalue weighted by Crippen LogP contribution is 2.27. The smallest absolute Gasteiger partial charge is 0.241 e. The molecule has 0 radical (unpaired) electrons. The number of nitrogens with one attached hydrogen (secondary N) is 1. The number of nitrogens with zero attached hydrogens (tertiary/aromatic N) is 2. The molecule has 1 aromatic heterocycles. The fourth-order valence-electron chi connectivity index (χ4n) is 1.28. The van der Waals surface area contributed by atoms with E-state index in [9.17, 15) is 4.79 Å². The minimum atomic E-state index is -0.297. The molecule has 5 nitrogen and oxygen atoms in total. The number of aromatic nitrogens is 2. The Bertz CT molecular complexity index is 541. The number of ether oxygens (including phenoxy) is 1. The molecule has 2 rings (SSSR count). The summed E-state index contributed by atoms with van der Waals surface area (Å²) in [5.74, 6) is 0.380. The number of methoxy groups -OCH3 is 1. The van der Waals surface area contributed by atoms with Crippen LogP contribution in [0.2, 0.25) is 0 Å².